The van der Waals surface area contributed by atoms with Crippen LogP contribution in [0.3, 0.4) is 0 Å². The molecule has 0 radical (unpaired) electrons. The fraction of sp³-hybridized carbons (Fsp3) is 0.429. The van der Waals surface area contributed by atoms with Gasteiger partial charge in [-0.1, -0.05) is 82.3 Å². The van der Waals surface area contributed by atoms with Crippen molar-refractivity contribution in [1.29, 1.82) is 0 Å². The maximum absolute atomic E-state index is 2.34. The molecule has 0 saturated carbocycles. The van der Waals surface area contributed by atoms with Crippen LogP contribution in [0.4, 0.5) is 0 Å². The molecule has 0 aliphatic heterocycles. The van der Waals surface area contributed by atoms with Gasteiger partial charge in [0.25, 0.3) is 0 Å². The molecule has 1 unspecified atom stereocenters. The monoisotopic (exact) mass is 280 g/mol. The molecule has 0 heterocycles. The van der Waals surface area contributed by atoms with Gasteiger partial charge in [-0.25, -0.2) is 0 Å². The van der Waals surface area contributed by atoms with Crippen LogP contribution in [0, 0.1) is 0 Å². The van der Waals surface area contributed by atoms with Crippen LogP contribution in [-0.2, 0) is 11.8 Å². The topological polar surface area (TPSA) is 0 Å². The van der Waals surface area contributed by atoms with Crippen LogP contribution in [0.1, 0.15) is 63.1 Å². The van der Waals surface area contributed by atoms with E-state index in [1.165, 1.54) is 29.5 Å². The summed E-state index contributed by atoms with van der Waals surface area (Å²) in [6.07, 6.45) is 3.53. The normalized spacial score (nSPS) is 13.1. The molecule has 112 valence electrons. The van der Waals surface area contributed by atoms with Crippen LogP contribution < -0.4 is 0 Å². The van der Waals surface area contributed by atoms with E-state index in [1.807, 2.05) is 0 Å². The van der Waals surface area contributed by atoms with Gasteiger partial charge in [-0.3, -0.25) is 0 Å². The first kappa shape index (κ1) is 15.8. The van der Waals surface area contributed by atoms with Gasteiger partial charge in [0.1, 0.15) is 0 Å². The first-order chi connectivity index (χ1) is 10.0. The number of benzene rings is 2. The molecule has 1 atom stereocenters. The molecule has 2 aromatic rings. The molecule has 0 saturated heterocycles. The number of aryl methyl sites for hydroxylation is 1. The van der Waals surface area contributed by atoms with Crippen molar-refractivity contribution in [3.63, 3.8) is 0 Å². The van der Waals surface area contributed by atoms with Crippen molar-refractivity contribution >= 4 is 0 Å². The van der Waals surface area contributed by atoms with Crippen molar-refractivity contribution in [3.05, 3.63) is 71.3 Å². The minimum atomic E-state index is 0.233. The molecule has 0 aliphatic rings. The van der Waals surface area contributed by atoms with E-state index >= 15 is 0 Å². The zero-order chi connectivity index (χ0) is 15.3. The fourth-order valence-corrected chi connectivity index (χ4v) is 2.74. The van der Waals surface area contributed by atoms with E-state index in [1.54, 1.807) is 0 Å². The van der Waals surface area contributed by atoms with Gasteiger partial charge < -0.3 is 0 Å². The van der Waals surface area contributed by atoms with Gasteiger partial charge in [-0.15, -0.1) is 0 Å². The summed E-state index contributed by atoms with van der Waals surface area (Å²) in [6.45, 7) is 9.24. The van der Waals surface area contributed by atoms with Crippen molar-refractivity contribution in [2.45, 2.75) is 58.3 Å². The molecular formula is C21H28. The lowest BCUT2D eigenvalue weighted by Gasteiger charge is -2.25. The molecule has 2 rings (SSSR count). The average Bonchev–Trinajstić information content (AvgIpc) is 2.53. The SMILES string of the molecule is CCC(C)c1ccc(CCC(C)(C)c2ccccc2)cc1. The molecule has 0 amide bonds. The Labute approximate surface area is 130 Å². The minimum Gasteiger partial charge on any atom is -0.0648 e. The van der Waals surface area contributed by atoms with Crippen LogP contribution in [0.25, 0.3) is 0 Å². The van der Waals surface area contributed by atoms with Crippen LogP contribution in [-0.4, -0.2) is 0 Å². The van der Waals surface area contributed by atoms with Crippen LogP contribution in [0.2, 0.25) is 0 Å². The first-order valence-corrected chi connectivity index (χ1v) is 8.17. The Balaban J connectivity index is 1.99. The summed E-state index contributed by atoms with van der Waals surface area (Å²) < 4.78 is 0. The zero-order valence-corrected chi connectivity index (χ0v) is 13.9. The summed E-state index contributed by atoms with van der Waals surface area (Å²) in [5, 5.41) is 0. The first-order valence-electron chi connectivity index (χ1n) is 8.17. The van der Waals surface area contributed by atoms with Crippen molar-refractivity contribution < 1.29 is 0 Å². The molecule has 0 fully saturated rings. The average molecular weight is 280 g/mol. The van der Waals surface area contributed by atoms with E-state index in [0.717, 1.165) is 6.42 Å². The van der Waals surface area contributed by atoms with Crippen LogP contribution >= 0.6 is 0 Å². The van der Waals surface area contributed by atoms with Gasteiger partial charge in [-0.05, 0) is 47.3 Å². The molecule has 0 nitrogen and oxygen atoms in total. The maximum Gasteiger partial charge on any atom is -0.0100 e. The quantitative estimate of drug-likeness (QED) is 0.598. The number of hydrogen-bond donors (Lipinski definition) is 0. The lowest BCUT2D eigenvalue weighted by atomic mass is 9.79. The lowest BCUT2D eigenvalue weighted by Crippen LogP contribution is -2.17. The smallest absolute Gasteiger partial charge is 0.0100 e. The highest BCUT2D eigenvalue weighted by Crippen LogP contribution is 2.28. The molecular weight excluding hydrogens is 252 g/mol. The van der Waals surface area contributed by atoms with Gasteiger partial charge in [0.2, 0.25) is 0 Å². The van der Waals surface area contributed by atoms with Crippen molar-refractivity contribution in [1.82, 2.24) is 0 Å². The molecule has 2 aromatic carbocycles. The summed E-state index contributed by atoms with van der Waals surface area (Å²) >= 11 is 0. The largest absolute Gasteiger partial charge is 0.0648 e. The Kier molecular flexibility index (Phi) is 5.22. The highest BCUT2D eigenvalue weighted by molar-refractivity contribution is 5.27. The Morgan fingerprint density at radius 1 is 0.905 bits per heavy atom. The van der Waals surface area contributed by atoms with E-state index in [-0.39, 0.29) is 5.41 Å². The third-order valence-electron chi connectivity index (χ3n) is 4.76. The van der Waals surface area contributed by atoms with Gasteiger partial charge in [-0.2, -0.15) is 0 Å². The zero-order valence-electron chi connectivity index (χ0n) is 13.9. The summed E-state index contributed by atoms with van der Waals surface area (Å²) in [4.78, 5) is 0. The molecule has 0 N–H and O–H groups in total. The summed E-state index contributed by atoms with van der Waals surface area (Å²) in [7, 11) is 0. The minimum absolute atomic E-state index is 0.233. The van der Waals surface area contributed by atoms with E-state index in [9.17, 15) is 0 Å². The van der Waals surface area contributed by atoms with Crippen molar-refractivity contribution in [2.24, 2.45) is 0 Å². The van der Waals surface area contributed by atoms with E-state index in [4.69, 9.17) is 0 Å². The lowest BCUT2D eigenvalue weighted by molar-refractivity contribution is 0.480. The van der Waals surface area contributed by atoms with Gasteiger partial charge >= 0.3 is 0 Å². The van der Waals surface area contributed by atoms with Crippen LogP contribution in [0.15, 0.2) is 54.6 Å². The van der Waals surface area contributed by atoms with Crippen molar-refractivity contribution in [2.75, 3.05) is 0 Å². The molecule has 0 spiro atoms. The second kappa shape index (κ2) is 6.93. The summed E-state index contributed by atoms with van der Waals surface area (Å²) in [6, 6.07) is 20.1. The van der Waals surface area contributed by atoms with E-state index in [2.05, 4.69) is 82.3 Å². The second-order valence-corrected chi connectivity index (χ2v) is 6.80. The molecule has 0 bridgehead atoms. The predicted octanol–water partition coefficient (Wildman–Crippen LogP) is 6.11. The third-order valence-corrected chi connectivity index (χ3v) is 4.76. The molecule has 0 aromatic heterocycles. The third kappa shape index (κ3) is 4.20. The van der Waals surface area contributed by atoms with Gasteiger partial charge in [0.05, 0.1) is 0 Å². The molecule has 0 heteroatoms. The Morgan fingerprint density at radius 2 is 1.52 bits per heavy atom. The Morgan fingerprint density at radius 3 is 2.10 bits per heavy atom. The summed E-state index contributed by atoms with van der Waals surface area (Å²) in [5.41, 5.74) is 4.58. The number of hydrogen-bond acceptors (Lipinski definition) is 0. The van der Waals surface area contributed by atoms with E-state index in [0.29, 0.717) is 5.92 Å². The highest BCUT2D eigenvalue weighted by atomic mass is 14.2. The second-order valence-electron chi connectivity index (χ2n) is 6.80. The highest BCUT2D eigenvalue weighted by Gasteiger charge is 2.19. The predicted molar refractivity (Wildman–Crippen MR) is 92.9 cm³/mol. The van der Waals surface area contributed by atoms with Crippen molar-refractivity contribution in [3.8, 4) is 0 Å². The summed E-state index contributed by atoms with van der Waals surface area (Å²) in [5.74, 6) is 0.666. The Bertz CT molecular complexity index is 534. The molecule has 21 heavy (non-hydrogen) atoms. The fourth-order valence-electron chi connectivity index (χ4n) is 2.74. The molecule has 0 aliphatic carbocycles. The van der Waals surface area contributed by atoms with Gasteiger partial charge in [0, 0.05) is 0 Å². The number of rotatable bonds is 6. The maximum atomic E-state index is 2.34. The van der Waals surface area contributed by atoms with Crippen LogP contribution in [0.5, 0.6) is 0 Å². The van der Waals surface area contributed by atoms with E-state index < -0.39 is 0 Å². The van der Waals surface area contributed by atoms with Gasteiger partial charge in [0.15, 0.2) is 0 Å². The Hall–Kier alpha value is -1.56. The standard InChI is InChI=1S/C21H28/c1-5-17(2)19-13-11-18(12-14-19)15-16-21(3,4)20-9-7-6-8-10-20/h6-14,17H,5,15-16H2,1-4H3.